The first-order chi connectivity index (χ1) is 9.75. The fourth-order valence-corrected chi connectivity index (χ4v) is 1.67. The topological polar surface area (TPSA) is 78.3 Å². The van der Waals surface area contributed by atoms with Gasteiger partial charge in [0.2, 0.25) is 0 Å². The van der Waals surface area contributed by atoms with E-state index in [9.17, 15) is 18.0 Å². The van der Waals surface area contributed by atoms with E-state index < -0.39 is 17.7 Å². The molecule has 21 heavy (non-hydrogen) atoms. The summed E-state index contributed by atoms with van der Waals surface area (Å²) >= 11 is 0. The van der Waals surface area contributed by atoms with Crippen molar-refractivity contribution in [1.29, 1.82) is 0 Å². The highest BCUT2D eigenvalue weighted by molar-refractivity contribution is 5.93. The number of nitrogen functional groups attached to an aromatic ring is 2. The van der Waals surface area contributed by atoms with Crippen molar-refractivity contribution in [2.45, 2.75) is 6.18 Å². The number of carbonyl (C=O) groups is 1. The van der Waals surface area contributed by atoms with Gasteiger partial charge in [-0.25, -0.2) is 4.79 Å². The Morgan fingerprint density at radius 3 is 1.95 bits per heavy atom. The summed E-state index contributed by atoms with van der Waals surface area (Å²) in [6.07, 6.45) is -4.44. The maximum absolute atomic E-state index is 12.4. The van der Waals surface area contributed by atoms with Gasteiger partial charge in [-0.1, -0.05) is 0 Å². The normalized spacial score (nSPS) is 11.2. The van der Waals surface area contributed by atoms with Crippen LogP contribution in [0.5, 0.6) is 5.75 Å². The Labute approximate surface area is 118 Å². The van der Waals surface area contributed by atoms with Crippen molar-refractivity contribution >= 4 is 17.3 Å². The quantitative estimate of drug-likeness (QED) is 0.507. The lowest BCUT2D eigenvalue weighted by Crippen LogP contribution is -2.10. The fraction of sp³-hybridized carbons (Fsp3) is 0.0714. The number of alkyl halides is 3. The van der Waals surface area contributed by atoms with Gasteiger partial charge in [0.15, 0.2) is 0 Å². The standard InChI is InChI=1S/C14H11F3N2O2/c15-14(16,17)9-1-3-12(4-2-9)21-13(20)8-5-10(18)7-11(19)6-8/h1-7H,18-19H2. The zero-order valence-corrected chi connectivity index (χ0v) is 10.6. The van der Waals surface area contributed by atoms with Crippen LogP contribution in [0.4, 0.5) is 24.5 Å². The van der Waals surface area contributed by atoms with Gasteiger partial charge in [0.1, 0.15) is 5.75 Å². The Hall–Kier alpha value is -2.70. The second-order valence-electron chi connectivity index (χ2n) is 4.30. The van der Waals surface area contributed by atoms with Crippen LogP contribution >= 0.6 is 0 Å². The molecular weight excluding hydrogens is 285 g/mol. The van der Waals surface area contributed by atoms with E-state index in [2.05, 4.69) is 0 Å². The van der Waals surface area contributed by atoms with Crippen molar-refractivity contribution in [3.8, 4) is 5.75 Å². The highest BCUT2D eigenvalue weighted by atomic mass is 19.4. The molecule has 4 N–H and O–H groups in total. The smallest absolute Gasteiger partial charge is 0.416 e. The van der Waals surface area contributed by atoms with Crippen molar-refractivity contribution in [3.63, 3.8) is 0 Å². The third-order valence-electron chi connectivity index (χ3n) is 2.61. The van der Waals surface area contributed by atoms with Gasteiger partial charge < -0.3 is 16.2 Å². The maximum Gasteiger partial charge on any atom is 0.416 e. The summed E-state index contributed by atoms with van der Waals surface area (Å²) in [4.78, 5) is 11.8. The van der Waals surface area contributed by atoms with Crippen LogP contribution in [0.3, 0.4) is 0 Å². The predicted molar refractivity (Wildman–Crippen MR) is 71.7 cm³/mol. The molecule has 0 atom stereocenters. The van der Waals surface area contributed by atoms with Crippen LogP contribution in [-0.2, 0) is 6.18 Å². The largest absolute Gasteiger partial charge is 0.423 e. The first-order valence-electron chi connectivity index (χ1n) is 5.81. The molecule has 0 saturated heterocycles. The summed E-state index contributed by atoms with van der Waals surface area (Å²) in [5, 5.41) is 0. The number of anilines is 2. The Balaban J connectivity index is 2.16. The number of hydrogen-bond acceptors (Lipinski definition) is 4. The monoisotopic (exact) mass is 296 g/mol. The molecule has 0 bridgehead atoms. The van der Waals surface area contributed by atoms with E-state index in [0.29, 0.717) is 0 Å². The molecule has 2 aromatic carbocycles. The Bertz CT molecular complexity index is 647. The van der Waals surface area contributed by atoms with Gasteiger partial charge in [0.25, 0.3) is 0 Å². The molecule has 0 aromatic heterocycles. The number of carbonyl (C=O) groups excluding carboxylic acids is 1. The number of nitrogens with two attached hydrogens (primary N) is 2. The zero-order chi connectivity index (χ0) is 15.6. The molecule has 0 unspecified atom stereocenters. The Morgan fingerprint density at radius 2 is 1.48 bits per heavy atom. The summed E-state index contributed by atoms with van der Waals surface area (Å²) < 4.78 is 42.2. The van der Waals surface area contributed by atoms with Crippen molar-refractivity contribution in [2.75, 3.05) is 11.5 Å². The average Bonchev–Trinajstić information content (AvgIpc) is 2.37. The number of esters is 1. The molecule has 0 aliphatic heterocycles. The Morgan fingerprint density at radius 1 is 0.952 bits per heavy atom. The van der Waals surface area contributed by atoms with Crippen LogP contribution in [0.15, 0.2) is 42.5 Å². The van der Waals surface area contributed by atoms with Gasteiger partial charge in [-0.2, -0.15) is 13.2 Å². The molecule has 110 valence electrons. The van der Waals surface area contributed by atoms with Gasteiger partial charge >= 0.3 is 12.1 Å². The molecule has 0 heterocycles. The lowest BCUT2D eigenvalue weighted by molar-refractivity contribution is -0.137. The third kappa shape index (κ3) is 3.65. The van der Waals surface area contributed by atoms with Crippen LogP contribution in [0, 0.1) is 0 Å². The van der Waals surface area contributed by atoms with E-state index in [1.54, 1.807) is 0 Å². The molecule has 2 rings (SSSR count). The molecule has 7 heteroatoms. The molecule has 0 fully saturated rings. The minimum absolute atomic E-state index is 0.00556. The minimum atomic E-state index is -4.44. The highest BCUT2D eigenvalue weighted by Gasteiger charge is 2.30. The zero-order valence-electron chi connectivity index (χ0n) is 10.6. The molecule has 0 aliphatic carbocycles. The van der Waals surface area contributed by atoms with E-state index in [4.69, 9.17) is 16.2 Å². The summed E-state index contributed by atoms with van der Waals surface area (Å²) in [7, 11) is 0. The fourth-order valence-electron chi connectivity index (χ4n) is 1.67. The Kier molecular flexibility index (Phi) is 3.75. The van der Waals surface area contributed by atoms with E-state index in [1.165, 1.54) is 18.2 Å². The van der Waals surface area contributed by atoms with Crippen LogP contribution < -0.4 is 16.2 Å². The van der Waals surface area contributed by atoms with E-state index >= 15 is 0 Å². The van der Waals surface area contributed by atoms with Crippen LogP contribution in [-0.4, -0.2) is 5.97 Å². The van der Waals surface area contributed by atoms with Gasteiger partial charge in [-0.3, -0.25) is 0 Å². The van der Waals surface area contributed by atoms with Crippen LogP contribution in [0.25, 0.3) is 0 Å². The summed E-state index contributed by atoms with van der Waals surface area (Å²) in [6, 6.07) is 7.99. The molecule has 0 saturated carbocycles. The number of hydrogen-bond donors (Lipinski definition) is 2. The van der Waals surface area contributed by atoms with E-state index in [-0.39, 0.29) is 22.7 Å². The molecule has 2 aromatic rings. The number of halogens is 3. The van der Waals surface area contributed by atoms with E-state index in [1.807, 2.05) is 0 Å². The minimum Gasteiger partial charge on any atom is -0.423 e. The highest BCUT2D eigenvalue weighted by Crippen LogP contribution is 2.30. The van der Waals surface area contributed by atoms with Gasteiger partial charge in [-0.15, -0.1) is 0 Å². The second-order valence-corrected chi connectivity index (χ2v) is 4.30. The molecule has 0 amide bonds. The molecule has 4 nitrogen and oxygen atoms in total. The average molecular weight is 296 g/mol. The molecule has 0 spiro atoms. The number of ether oxygens (including phenoxy) is 1. The van der Waals surface area contributed by atoms with Crippen molar-refractivity contribution in [3.05, 3.63) is 53.6 Å². The number of rotatable bonds is 2. The summed E-state index contributed by atoms with van der Waals surface area (Å²) in [5.74, 6) is -0.761. The van der Waals surface area contributed by atoms with Crippen molar-refractivity contribution in [1.82, 2.24) is 0 Å². The summed E-state index contributed by atoms with van der Waals surface area (Å²) in [6.45, 7) is 0. The second kappa shape index (κ2) is 5.35. The first kappa shape index (κ1) is 14.7. The SMILES string of the molecule is Nc1cc(N)cc(C(=O)Oc2ccc(C(F)(F)F)cc2)c1. The predicted octanol–water partition coefficient (Wildman–Crippen LogP) is 3.09. The lowest BCUT2D eigenvalue weighted by atomic mass is 10.2. The molecular formula is C14H11F3N2O2. The van der Waals surface area contributed by atoms with Crippen molar-refractivity contribution in [2.24, 2.45) is 0 Å². The molecule has 0 radical (unpaired) electrons. The van der Waals surface area contributed by atoms with Gasteiger partial charge in [-0.05, 0) is 42.5 Å². The van der Waals surface area contributed by atoms with Crippen molar-refractivity contribution < 1.29 is 22.7 Å². The lowest BCUT2D eigenvalue weighted by Gasteiger charge is -2.08. The van der Waals surface area contributed by atoms with Gasteiger partial charge in [0, 0.05) is 11.4 Å². The van der Waals surface area contributed by atoms with Crippen LogP contribution in [0.1, 0.15) is 15.9 Å². The third-order valence-corrected chi connectivity index (χ3v) is 2.61. The number of benzene rings is 2. The summed E-state index contributed by atoms with van der Waals surface area (Å²) in [5.41, 5.74) is 11.0. The first-order valence-corrected chi connectivity index (χ1v) is 5.81. The van der Waals surface area contributed by atoms with E-state index in [0.717, 1.165) is 24.3 Å². The maximum atomic E-state index is 12.4. The van der Waals surface area contributed by atoms with Crippen LogP contribution in [0.2, 0.25) is 0 Å². The van der Waals surface area contributed by atoms with Gasteiger partial charge in [0.05, 0.1) is 11.1 Å². The molecule has 0 aliphatic rings.